The lowest BCUT2D eigenvalue weighted by Crippen LogP contribution is -2.06. The Hall–Kier alpha value is -1.51. The van der Waals surface area contributed by atoms with Crippen molar-refractivity contribution in [1.82, 2.24) is 0 Å². The SMILES string of the molecule is CCc1cc(NC(C)=O)ccc1OC. The molecule has 0 aliphatic heterocycles. The summed E-state index contributed by atoms with van der Waals surface area (Å²) >= 11 is 0. The molecule has 0 radical (unpaired) electrons. The Morgan fingerprint density at radius 2 is 2.21 bits per heavy atom. The number of benzene rings is 1. The van der Waals surface area contributed by atoms with Gasteiger partial charge in [-0.15, -0.1) is 0 Å². The molecule has 1 amide bonds. The van der Waals surface area contributed by atoms with Gasteiger partial charge in [-0.1, -0.05) is 6.92 Å². The van der Waals surface area contributed by atoms with Gasteiger partial charge in [-0.25, -0.2) is 0 Å². The van der Waals surface area contributed by atoms with E-state index in [2.05, 4.69) is 12.2 Å². The summed E-state index contributed by atoms with van der Waals surface area (Å²) in [6, 6.07) is 5.63. The smallest absolute Gasteiger partial charge is 0.221 e. The van der Waals surface area contributed by atoms with E-state index in [0.29, 0.717) is 0 Å². The molecule has 14 heavy (non-hydrogen) atoms. The first-order valence-corrected chi connectivity index (χ1v) is 4.62. The number of anilines is 1. The second-order valence-electron chi connectivity index (χ2n) is 3.06. The van der Waals surface area contributed by atoms with E-state index in [4.69, 9.17) is 4.74 Å². The van der Waals surface area contributed by atoms with Crippen LogP contribution in [-0.4, -0.2) is 13.0 Å². The molecule has 0 saturated carbocycles. The highest BCUT2D eigenvalue weighted by molar-refractivity contribution is 5.88. The highest BCUT2D eigenvalue weighted by Crippen LogP contribution is 2.22. The van der Waals surface area contributed by atoms with Gasteiger partial charge in [0.15, 0.2) is 0 Å². The van der Waals surface area contributed by atoms with Crippen molar-refractivity contribution in [3.63, 3.8) is 0 Å². The molecule has 0 bridgehead atoms. The number of ether oxygens (including phenoxy) is 1. The van der Waals surface area contributed by atoms with Gasteiger partial charge in [-0.3, -0.25) is 4.79 Å². The summed E-state index contributed by atoms with van der Waals surface area (Å²) in [7, 11) is 1.65. The summed E-state index contributed by atoms with van der Waals surface area (Å²) in [5, 5.41) is 2.74. The summed E-state index contributed by atoms with van der Waals surface area (Å²) in [5.74, 6) is 0.804. The van der Waals surface area contributed by atoms with E-state index in [1.165, 1.54) is 6.92 Å². The Bertz CT molecular complexity index is 334. The zero-order valence-electron chi connectivity index (χ0n) is 8.76. The number of amides is 1. The third-order valence-electron chi connectivity index (χ3n) is 1.98. The lowest BCUT2D eigenvalue weighted by atomic mass is 10.1. The maximum Gasteiger partial charge on any atom is 0.221 e. The van der Waals surface area contributed by atoms with Crippen LogP contribution in [0.1, 0.15) is 19.4 Å². The Balaban J connectivity index is 2.95. The van der Waals surface area contributed by atoms with E-state index >= 15 is 0 Å². The number of hydrogen-bond donors (Lipinski definition) is 1. The van der Waals surface area contributed by atoms with Crippen LogP contribution in [0.5, 0.6) is 5.75 Å². The number of carbonyl (C=O) groups is 1. The lowest BCUT2D eigenvalue weighted by molar-refractivity contribution is -0.114. The molecule has 1 N–H and O–H groups in total. The van der Waals surface area contributed by atoms with Gasteiger partial charge < -0.3 is 10.1 Å². The van der Waals surface area contributed by atoms with Crippen LogP contribution in [0.3, 0.4) is 0 Å². The molecule has 1 aromatic carbocycles. The Labute approximate surface area is 84.1 Å². The van der Waals surface area contributed by atoms with Crippen LogP contribution in [0.25, 0.3) is 0 Å². The fourth-order valence-corrected chi connectivity index (χ4v) is 1.34. The monoisotopic (exact) mass is 193 g/mol. The average Bonchev–Trinajstić information content (AvgIpc) is 2.16. The predicted molar refractivity (Wildman–Crippen MR) is 56.7 cm³/mol. The van der Waals surface area contributed by atoms with Gasteiger partial charge in [0.05, 0.1) is 7.11 Å². The first kappa shape index (κ1) is 10.6. The van der Waals surface area contributed by atoms with Crippen LogP contribution in [0.15, 0.2) is 18.2 Å². The lowest BCUT2D eigenvalue weighted by Gasteiger charge is -2.09. The third kappa shape index (κ3) is 2.49. The molecule has 0 aromatic heterocycles. The van der Waals surface area contributed by atoms with Gasteiger partial charge in [0.1, 0.15) is 5.75 Å². The Morgan fingerprint density at radius 1 is 1.50 bits per heavy atom. The minimum Gasteiger partial charge on any atom is -0.496 e. The van der Waals surface area contributed by atoms with E-state index in [-0.39, 0.29) is 5.91 Å². The van der Waals surface area contributed by atoms with E-state index in [9.17, 15) is 4.79 Å². The number of hydrogen-bond acceptors (Lipinski definition) is 2. The van der Waals surface area contributed by atoms with Crippen molar-refractivity contribution in [3.8, 4) is 5.75 Å². The number of rotatable bonds is 3. The quantitative estimate of drug-likeness (QED) is 0.799. The average molecular weight is 193 g/mol. The third-order valence-corrected chi connectivity index (χ3v) is 1.98. The van der Waals surface area contributed by atoms with Gasteiger partial charge in [-0.05, 0) is 30.2 Å². The molecule has 1 aromatic rings. The summed E-state index contributed by atoms with van der Waals surface area (Å²) in [6.45, 7) is 3.55. The van der Waals surface area contributed by atoms with Crippen LogP contribution >= 0.6 is 0 Å². The Morgan fingerprint density at radius 3 is 2.71 bits per heavy atom. The Kier molecular flexibility index (Phi) is 3.51. The second-order valence-corrected chi connectivity index (χ2v) is 3.06. The number of nitrogens with one attached hydrogen (secondary N) is 1. The van der Waals surface area contributed by atoms with Crippen molar-refractivity contribution in [2.24, 2.45) is 0 Å². The normalized spacial score (nSPS) is 9.64. The molecule has 0 unspecified atom stereocenters. The van der Waals surface area contributed by atoms with Gasteiger partial charge in [-0.2, -0.15) is 0 Å². The van der Waals surface area contributed by atoms with Crippen LogP contribution in [-0.2, 0) is 11.2 Å². The first-order chi connectivity index (χ1) is 6.67. The number of methoxy groups -OCH3 is 1. The molecule has 0 aliphatic carbocycles. The fourth-order valence-electron chi connectivity index (χ4n) is 1.34. The van der Waals surface area contributed by atoms with E-state index in [0.717, 1.165) is 23.4 Å². The maximum absolute atomic E-state index is 10.8. The summed E-state index contributed by atoms with van der Waals surface area (Å²) in [6.07, 6.45) is 0.886. The number of carbonyl (C=O) groups excluding carboxylic acids is 1. The van der Waals surface area contributed by atoms with Gasteiger partial charge >= 0.3 is 0 Å². The summed E-state index contributed by atoms with van der Waals surface area (Å²) < 4.78 is 5.18. The fraction of sp³-hybridized carbons (Fsp3) is 0.364. The molecule has 0 spiro atoms. The molecule has 76 valence electrons. The predicted octanol–water partition coefficient (Wildman–Crippen LogP) is 2.22. The van der Waals surface area contributed by atoms with Crippen LogP contribution in [0.4, 0.5) is 5.69 Å². The minimum absolute atomic E-state index is 0.0581. The van der Waals surface area contributed by atoms with Gasteiger partial charge in [0.25, 0.3) is 0 Å². The molecular formula is C11H15NO2. The molecule has 3 nitrogen and oxygen atoms in total. The molecule has 0 atom stereocenters. The minimum atomic E-state index is -0.0581. The topological polar surface area (TPSA) is 38.3 Å². The zero-order chi connectivity index (χ0) is 10.6. The molecule has 0 saturated heterocycles. The van der Waals surface area contributed by atoms with Crippen molar-refractivity contribution in [2.75, 3.05) is 12.4 Å². The highest BCUT2D eigenvalue weighted by Gasteiger charge is 2.02. The molecule has 3 heteroatoms. The van der Waals surface area contributed by atoms with E-state index < -0.39 is 0 Å². The van der Waals surface area contributed by atoms with Crippen LogP contribution in [0, 0.1) is 0 Å². The van der Waals surface area contributed by atoms with Gasteiger partial charge in [0, 0.05) is 12.6 Å². The van der Waals surface area contributed by atoms with Crippen molar-refractivity contribution in [2.45, 2.75) is 20.3 Å². The van der Waals surface area contributed by atoms with Crippen molar-refractivity contribution in [3.05, 3.63) is 23.8 Å². The molecule has 0 heterocycles. The maximum atomic E-state index is 10.8. The second kappa shape index (κ2) is 4.65. The molecule has 0 fully saturated rings. The zero-order valence-corrected chi connectivity index (χ0v) is 8.76. The van der Waals surface area contributed by atoms with Crippen molar-refractivity contribution < 1.29 is 9.53 Å². The first-order valence-electron chi connectivity index (χ1n) is 4.62. The van der Waals surface area contributed by atoms with Gasteiger partial charge in [0.2, 0.25) is 5.91 Å². The number of aryl methyl sites for hydroxylation is 1. The summed E-state index contributed by atoms with van der Waals surface area (Å²) in [5.41, 5.74) is 1.91. The molecule has 1 rings (SSSR count). The van der Waals surface area contributed by atoms with E-state index in [1.807, 2.05) is 18.2 Å². The van der Waals surface area contributed by atoms with Crippen LogP contribution in [0.2, 0.25) is 0 Å². The largest absolute Gasteiger partial charge is 0.496 e. The standard InChI is InChI=1S/C11H15NO2/c1-4-9-7-10(12-8(2)13)5-6-11(9)14-3/h5-7H,4H2,1-3H3,(H,12,13). The van der Waals surface area contributed by atoms with Crippen molar-refractivity contribution in [1.29, 1.82) is 0 Å². The highest BCUT2D eigenvalue weighted by atomic mass is 16.5. The van der Waals surface area contributed by atoms with Crippen molar-refractivity contribution >= 4 is 11.6 Å². The van der Waals surface area contributed by atoms with E-state index in [1.54, 1.807) is 7.11 Å². The molecular weight excluding hydrogens is 178 g/mol. The molecule has 0 aliphatic rings. The van der Waals surface area contributed by atoms with Crippen LogP contribution < -0.4 is 10.1 Å². The summed E-state index contributed by atoms with van der Waals surface area (Å²) in [4.78, 5) is 10.8.